The number of rotatable bonds is 4. The number of sulfone groups is 1. The highest BCUT2D eigenvalue weighted by Gasteiger charge is 2.32. The van der Waals surface area contributed by atoms with Crippen molar-refractivity contribution in [3.05, 3.63) is 0 Å². The molecule has 1 aliphatic heterocycles. The number of hydrogen-bond donors (Lipinski definition) is 2. The molecule has 0 aromatic carbocycles. The molecule has 1 amide bonds. The Labute approximate surface area is 109 Å². The van der Waals surface area contributed by atoms with Crippen LogP contribution in [0.5, 0.6) is 0 Å². The molecule has 3 N–H and O–H groups in total. The first kappa shape index (κ1) is 15.4. The van der Waals surface area contributed by atoms with Gasteiger partial charge in [0.05, 0.1) is 10.5 Å². The van der Waals surface area contributed by atoms with Crippen LogP contribution >= 0.6 is 0 Å². The molecule has 0 aromatic heterocycles. The third-order valence-corrected chi connectivity index (χ3v) is 5.85. The van der Waals surface area contributed by atoms with Crippen LogP contribution in [-0.2, 0) is 14.6 Å². The van der Waals surface area contributed by atoms with E-state index in [1.807, 2.05) is 4.90 Å². The monoisotopic (exact) mass is 277 g/mol. The molecular formula is C11H23N3O3S. The van der Waals surface area contributed by atoms with Crippen molar-refractivity contribution in [2.24, 2.45) is 5.73 Å². The SMILES string of the molecule is CC(C)(C)S(=O)(=O)CCN1CCNCC1C(N)=O. The number of carbonyl (C=O) groups is 1. The molecule has 1 unspecified atom stereocenters. The van der Waals surface area contributed by atoms with Gasteiger partial charge in [0.2, 0.25) is 5.91 Å². The summed E-state index contributed by atoms with van der Waals surface area (Å²) in [5.41, 5.74) is 5.31. The number of hydrogen-bond acceptors (Lipinski definition) is 5. The number of nitrogens with two attached hydrogens (primary N) is 1. The van der Waals surface area contributed by atoms with E-state index in [-0.39, 0.29) is 5.75 Å². The third-order valence-electron chi connectivity index (χ3n) is 3.26. The van der Waals surface area contributed by atoms with Gasteiger partial charge < -0.3 is 11.1 Å². The third kappa shape index (κ3) is 3.66. The summed E-state index contributed by atoms with van der Waals surface area (Å²) >= 11 is 0. The summed E-state index contributed by atoms with van der Waals surface area (Å²) in [6.07, 6.45) is 0. The van der Waals surface area contributed by atoms with E-state index in [2.05, 4.69) is 5.32 Å². The van der Waals surface area contributed by atoms with E-state index in [0.717, 1.165) is 6.54 Å². The van der Waals surface area contributed by atoms with Crippen molar-refractivity contribution in [3.63, 3.8) is 0 Å². The van der Waals surface area contributed by atoms with Gasteiger partial charge in [0.15, 0.2) is 9.84 Å². The van der Waals surface area contributed by atoms with Gasteiger partial charge in [-0.3, -0.25) is 9.69 Å². The van der Waals surface area contributed by atoms with E-state index in [0.29, 0.717) is 19.6 Å². The minimum atomic E-state index is -3.16. The van der Waals surface area contributed by atoms with Crippen molar-refractivity contribution in [2.45, 2.75) is 31.6 Å². The van der Waals surface area contributed by atoms with Crippen LogP contribution in [0, 0.1) is 0 Å². The summed E-state index contributed by atoms with van der Waals surface area (Å²) in [5, 5.41) is 3.08. The quantitative estimate of drug-likeness (QED) is 0.685. The number of amides is 1. The van der Waals surface area contributed by atoms with E-state index < -0.39 is 26.5 Å². The van der Waals surface area contributed by atoms with Gasteiger partial charge >= 0.3 is 0 Å². The molecule has 0 saturated carbocycles. The van der Waals surface area contributed by atoms with E-state index >= 15 is 0 Å². The van der Waals surface area contributed by atoms with Crippen LogP contribution in [-0.4, -0.2) is 61.9 Å². The van der Waals surface area contributed by atoms with E-state index in [1.54, 1.807) is 20.8 Å². The van der Waals surface area contributed by atoms with Crippen LogP contribution in [0.2, 0.25) is 0 Å². The Morgan fingerprint density at radius 2 is 2.06 bits per heavy atom. The molecule has 0 aliphatic carbocycles. The lowest BCUT2D eigenvalue weighted by molar-refractivity contribution is -0.123. The molecule has 0 radical (unpaired) electrons. The Kier molecular flexibility index (Phi) is 4.74. The molecule has 0 bridgehead atoms. The maximum absolute atomic E-state index is 12.0. The van der Waals surface area contributed by atoms with Gasteiger partial charge in [-0.1, -0.05) is 0 Å². The fourth-order valence-electron chi connectivity index (χ4n) is 1.84. The lowest BCUT2D eigenvalue weighted by Gasteiger charge is -2.34. The maximum Gasteiger partial charge on any atom is 0.236 e. The van der Waals surface area contributed by atoms with Crippen molar-refractivity contribution in [3.8, 4) is 0 Å². The second-order valence-electron chi connectivity index (χ2n) is 5.59. The topological polar surface area (TPSA) is 92.5 Å². The first-order valence-electron chi connectivity index (χ1n) is 6.11. The zero-order chi connectivity index (χ0) is 14.0. The summed E-state index contributed by atoms with van der Waals surface area (Å²) in [5.74, 6) is -0.351. The van der Waals surface area contributed by atoms with Gasteiger partial charge in [0.1, 0.15) is 6.04 Å². The van der Waals surface area contributed by atoms with Crippen molar-refractivity contribution in [1.29, 1.82) is 0 Å². The van der Waals surface area contributed by atoms with Crippen LogP contribution < -0.4 is 11.1 Å². The summed E-state index contributed by atoms with van der Waals surface area (Å²) in [6, 6.07) is -0.408. The highest BCUT2D eigenvalue weighted by atomic mass is 32.2. The van der Waals surface area contributed by atoms with Gasteiger partial charge in [-0.25, -0.2) is 8.42 Å². The van der Waals surface area contributed by atoms with Crippen LogP contribution in [0.4, 0.5) is 0 Å². The molecular weight excluding hydrogens is 254 g/mol. The minimum Gasteiger partial charge on any atom is -0.368 e. The minimum absolute atomic E-state index is 0.0558. The highest BCUT2D eigenvalue weighted by Crippen LogP contribution is 2.16. The Morgan fingerprint density at radius 1 is 1.44 bits per heavy atom. The second-order valence-corrected chi connectivity index (χ2v) is 8.45. The lowest BCUT2D eigenvalue weighted by Crippen LogP contribution is -2.58. The molecule has 0 aromatic rings. The highest BCUT2D eigenvalue weighted by molar-refractivity contribution is 7.92. The molecule has 1 rings (SSSR count). The van der Waals surface area contributed by atoms with Crippen molar-refractivity contribution in [1.82, 2.24) is 10.2 Å². The fraction of sp³-hybridized carbons (Fsp3) is 0.909. The zero-order valence-electron chi connectivity index (χ0n) is 11.3. The largest absolute Gasteiger partial charge is 0.368 e. The molecule has 1 aliphatic rings. The Bertz CT molecular complexity index is 400. The molecule has 106 valence electrons. The second kappa shape index (κ2) is 5.54. The Hall–Kier alpha value is -0.660. The molecule has 18 heavy (non-hydrogen) atoms. The average molecular weight is 277 g/mol. The van der Waals surface area contributed by atoms with Gasteiger partial charge in [-0.2, -0.15) is 0 Å². The van der Waals surface area contributed by atoms with Crippen LogP contribution in [0.15, 0.2) is 0 Å². The van der Waals surface area contributed by atoms with E-state index in [1.165, 1.54) is 0 Å². The van der Waals surface area contributed by atoms with Gasteiger partial charge in [0, 0.05) is 26.2 Å². The number of nitrogens with zero attached hydrogens (tertiary/aromatic N) is 1. The van der Waals surface area contributed by atoms with Gasteiger partial charge in [0.25, 0.3) is 0 Å². The van der Waals surface area contributed by atoms with Crippen LogP contribution in [0.1, 0.15) is 20.8 Å². The van der Waals surface area contributed by atoms with Gasteiger partial charge in [-0.15, -0.1) is 0 Å². The summed E-state index contributed by atoms with van der Waals surface area (Å²) in [6.45, 7) is 7.30. The number of nitrogens with one attached hydrogen (secondary N) is 1. The van der Waals surface area contributed by atoms with Crippen LogP contribution in [0.25, 0.3) is 0 Å². The van der Waals surface area contributed by atoms with E-state index in [9.17, 15) is 13.2 Å². The van der Waals surface area contributed by atoms with E-state index in [4.69, 9.17) is 5.73 Å². The summed E-state index contributed by atoms with van der Waals surface area (Å²) in [7, 11) is -3.16. The van der Waals surface area contributed by atoms with Gasteiger partial charge in [-0.05, 0) is 20.8 Å². The Morgan fingerprint density at radius 3 is 2.56 bits per heavy atom. The molecule has 1 fully saturated rings. The molecule has 6 nitrogen and oxygen atoms in total. The summed E-state index contributed by atoms with van der Waals surface area (Å²) < 4.78 is 23.3. The number of piperazine rings is 1. The molecule has 1 saturated heterocycles. The maximum atomic E-state index is 12.0. The Balaban J connectivity index is 2.64. The fourth-order valence-corrected chi connectivity index (χ4v) is 2.93. The number of primary amides is 1. The van der Waals surface area contributed by atoms with Crippen molar-refractivity contribution < 1.29 is 13.2 Å². The zero-order valence-corrected chi connectivity index (χ0v) is 12.1. The first-order valence-corrected chi connectivity index (χ1v) is 7.77. The van der Waals surface area contributed by atoms with Crippen LogP contribution in [0.3, 0.4) is 0 Å². The first-order chi connectivity index (χ1) is 8.15. The molecule has 0 spiro atoms. The summed E-state index contributed by atoms with van der Waals surface area (Å²) in [4.78, 5) is 13.1. The molecule has 1 atom stereocenters. The van der Waals surface area contributed by atoms with Crippen molar-refractivity contribution >= 4 is 15.7 Å². The lowest BCUT2D eigenvalue weighted by atomic mass is 10.2. The predicted molar refractivity (Wildman–Crippen MR) is 71.0 cm³/mol. The number of carbonyl (C=O) groups excluding carboxylic acids is 1. The normalized spacial score (nSPS) is 22.9. The standard InChI is InChI=1S/C11H23N3O3S/c1-11(2,3)18(16,17)7-6-14-5-4-13-8-9(14)10(12)15/h9,13H,4-8H2,1-3H3,(H2,12,15). The smallest absolute Gasteiger partial charge is 0.236 e. The average Bonchev–Trinajstić information content (AvgIpc) is 2.25. The molecule has 1 heterocycles. The predicted octanol–water partition coefficient (Wildman–Crippen LogP) is -1.04. The molecule has 7 heteroatoms. The van der Waals surface area contributed by atoms with Crippen molar-refractivity contribution in [2.75, 3.05) is 31.9 Å².